The third-order valence-corrected chi connectivity index (χ3v) is 3.81. The number of aromatic nitrogens is 3. The zero-order chi connectivity index (χ0) is 16.6. The van der Waals surface area contributed by atoms with Gasteiger partial charge in [0.15, 0.2) is 0 Å². The fraction of sp³-hybridized carbons (Fsp3) is 0.188. The summed E-state index contributed by atoms with van der Waals surface area (Å²) in [5.74, 6) is 0.680. The van der Waals surface area contributed by atoms with Crippen LogP contribution in [-0.4, -0.2) is 27.1 Å². The van der Waals surface area contributed by atoms with Crippen molar-refractivity contribution in [1.29, 1.82) is 0 Å². The first-order valence-electron chi connectivity index (χ1n) is 7.40. The first-order valence-corrected chi connectivity index (χ1v) is 8.34. The standard InChI is InChI=1S/C16H17N5O2S/c22-16(18-5-7-21-6-4-17-11-21)20-13-2-1-3-15(8-13)23-9-14-10-24-12-19-14/h1-4,6,8,10-12H,5,7,9H2,(H2,18,20,22). The van der Waals surface area contributed by atoms with E-state index in [9.17, 15) is 4.79 Å². The highest BCUT2D eigenvalue weighted by molar-refractivity contribution is 7.07. The molecule has 7 nitrogen and oxygen atoms in total. The minimum atomic E-state index is -0.258. The lowest BCUT2D eigenvalue weighted by Crippen LogP contribution is -2.31. The summed E-state index contributed by atoms with van der Waals surface area (Å²) >= 11 is 1.53. The highest BCUT2D eigenvalue weighted by Gasteiger charge is 2.03. The molecule has 2 N–H and O–H groups in total. The normalized spacial score (nSPS) is 10.3. The first-order chi connectivity index (χ1) is 11.8. The maximum atomic E-state index is 11.9. The second-order valence-electron chi connectivity index (χ2n) is 4.98. The number of carbonyl (C=O) groups excluding carboxylic acids is 1. The topological polar surface area (TPSA) is 81.1 Å². The highest BCUT2D eigenvalue weighted by atomic mass is 32.1. The van der Waals surface area contributed by atoms with E-state index in [0.717, 1.165) is 5.69 Å². The summed E-state index contributed by atoms with van der Waals surface area (Å²) in [4.78, 5) is 20.0. The van der Waals surface area contributed by atoms with Crippen LogP contribution in [0.4, 0.5) is 10.5 Å². The quantitative estimate of drug-likeness (QED) is 0.691. The molecule has 24 heavy (non-hydrogen) atoms. The van der Waals surface area contributed by atoms with Crippen molar-refractivity contribution >= 4 is 23.1 Å². The number of imidazole rings is 1. The molecule has 0 spiro atoms. The molecule has 0 unspecified atom stereocenters. The Labute approximate surface area is 143 Å². The lowest BCUT2D eigenvalue weighted by Gasteiger charge is -2.10. The second-order valence-corrected chi connectivity index (χ2v) is 5.70. The van der Waals surface area contributed by atoms with Crippen LogP contribution in [0.25, 0.3) is 0 Å². The number of hydrogen-bond acceptors (Lipinski definition) is 5. The number of urea groups is 1. The van der Waals surface area contributed by atoms with E-state index in [4.69, 9.17) is 4.74 Å². The Morgan fingerprint density at radius 1 is 1.38 bits per heavy atom. The van der Waals surface area contributed by atoms with Crippen molar-refractivity contribution in [3.8, 4) is 5.75 Å². The molecule has 0 aliphatic rings. The van der Waals surface area contributed by atoms with Gasteiger partial charge in [-0.15, -0.1) is 11.3 Å². The number of benzene rings is 1. The van der Waals surface area contributed by atoms with Gasteiger partial charge in [-0.2, -0.15) is 0 Å². The van der Waals surface area contributed by atoms with E-state index in [2.05, 4.69) is 20.6 Å². The van der Waals surface area contributed by atoms with Crippen LogP contribution in [0.5, 0.6) is 5.75 Å². The molecule has 1 aromatic carbocycles. The summed E-state index contributed by atoms with van der Waals surface area (Å²) < 4.78 is 7.56. The van der Waals surface area contributed by atoms with Gasteiger partial charge in [0.05, 0.1) is 17.5 Å². The lowest BCUT2D eigenvalue weighted by atomic mass is 10.3. The molecular weight excluding hydrogens is 326 g/mol. The fourth-order valence-electron chi connectivity index (χ4n) is 2.02. The van der Waals surface area contributed by atoms with Crippen molar-refractivity contribution in [1.82, 2.24) is 19.9 Å². The Kier molecular flexibility index (Phi) is 5.41. The van der Waals surface area contributed by atoms with Gasteiger partial charge in [0.2, 0.25) is 0 Å². The van der Waals surface area contributed by atoms with Gasteiger partial charge in [-0.05, 0) is 12.1 Å². The van der Waals surface area contributed by atoms with Crippen LogP contribution in [0.3, 0.4) is 0 Å². The zero-order valence-electron chi connectivity index (χ0n) is 12.9. The van der Waals surface area contributed by atoms with Gasteiger partial charge < -0.3 is 19.9 Å². The van der Waals surface area contributed by atoms with E-state index < -0.39 is 0 Å². The monoisotopic (exact) mass is 343 g/mol. The van der Waals surface area contributed by atoms with Gasteiger partial charge in [0, 0.05) is 42.6 Å². The van der Waals surface area contributed by atoms with E-state index >= 15 is 0 Å². The first kappa shape index (κ1) is 16.0. The number of amides is 2. The predicted molar refractivity (Wildman–Crippen MR) is 92.1 cm³/mol. The molecule has 0 aliphatic carbocycles. The third kappa shape index (κ3) is 4.82. The number of carbonyl (C=O) groups is 1. The Hall–Kier alpha value is -2.87. The number of anilines is 1. The largest absolute Gasteiger partial charge is 0.487 e. The van der Waals surface area contributed by atoms with Crippen LogP contribution in [0.2, 0.25) is 0 Å². The number of thiazole rings is 1. The SMILES string of the molecule is O=C(NCCn1ccnc1)Nc1cccc(OCc2cscn2)c1. The fourth-order valence-corrected chi connectivity index (χ4v) is 2.57. The van der Waals surface area contributed by atoms with Crippen molar-refractivity contribution in [2.24, 2.45) is 0 Å². The average molecular weight is 343 g/mol. The molecule has 0 fully saturated rings. The molecule has 3 rings (SSSR count). The van der Waals surface area contributed by atoms with Crippen molar-refractivity contribution in [3.05, 3.63) is 59.6 Å². The molecular formula is C16H17N5O2S. The summed E-state index contributed by atoms with van der Waals surface area (Å²) in [5.41, 5.74) is 3.33. The number of rotatable bonds is 7. The molecule has 2 heterocycles. The molecule has 0 atom stereocenters. The van der Waals surface area contributed by atoms with Crippen molar-refractivity contribution in [2.75, 3.05) is 11.9 Å². The van der Waals surface area contributed by atoms with Crippen LogP contribution in [0.15, 0.2) is 53.9 Å². The predicted octanol–water partition coefficient (Wildman–Crippen LogP) is 2.74. The molecule has 3 aromatic rings. The number of hydrogen-bond donors (Lipinski definition) is 2. The Morgan fingerprint density at radius 2 is 2.33 bits per heavy atom. The molecule has 124 valence electrons. The Bertz CT molecular complexity index is 759. The lowest BCUT2D eigenvalue weighted by molar-refractivity contribution is 0.251. The Morgan fingerprint density at radius 3 is 3.12 bits per heavy atom. The highest BCUT2D eigenvalue weighted by Crippen LogP contribution is 2.18. The van der Waals surface area contributed by atoms with E-state index in [1.165, 1.54) is 11.3 Å². The zero-order valence-corrected chi connectivity index (χ0v) is 13.7. The molecule has 0 bridgehead atoms. The van der Waals surface area contributed by atoms with Gasteiger partial charge >= 0.3 is 6.03 Å². The minimum Gasteiger partial charge on any atom is -0.487 e. The van der Waals surface area contributed by atoms with Gasteiger partial charge in [-0.3, -0.25) is 0 Å². The van der Waals surface area contributed by atoms with Crippen LogP contribution in [0.1, 0.15) is 5.69 Å². The van der Waals surface area contributed by atoms with Crippen LogP contribution >= 0.6 is 11.3 Å². The van der Waals surface area contributed by atoms with Gasteiger partial charge in [-0.25, -0.2) is 14.8 Å². The van der Waals surface area contributed by atoms with Crippen molar-refractivity contribution in [3.63, 3.8) is 0 Å². The van der Waals surface area contributed by atoms with Crippen molar-refractivity contribution in [2.45, 2.75) is 13.2 Å². The molecule has 0 aliphatic heterocycles. The van der Waals surface area contributed by atoms with Crippen molar-refractivity contribution < 1.29 is 9.53 Å². The molecule has 0 saturated heterocycles. The average Bonchev–Trinajstić information content (AvgIpc) is 3.27. The van der Waals surface area contributed by atoms with Gasteiger partial charge in [0.25, 0.3) is 0 Å². The second kappa shape index (κ2) is 8.11. The van der Waals surface area contributed by atoms with Crippen LogP contribution in [0, 0.1) is 0 Å². The molecule has 2 amide bonds. The van der Waals surface area contributed by atoms with Crippen LogP contribution < -0.4 is 15.4 Å². The van der Waals surface area contributed by atoms with Crippen LogP contribution in [-0.2, 0) is 13.2 Å². The molecule has 0 radical (unpaired) electrons. The summed E-state index contributed by atoms with van der Waals surface area (Å²) in [6.45, 7) is 1.59. The minimum absolute atomic E-state index is 0.258. The summed E-state index contributed by atoms with van der Waals surface area (Å²) in [6, 6.07) is 7.01. The molecule has 0 saturated carbocycles. The smallest absolute Gasteiger partial charge is 0.319 e. The Balaban J connectivity index is 1.45. The number of ether oxygens (including phenoxy) is 1. The van der Waals surface area contributed by atoms with E-state index in [-0.39, 0.29) is 6.03 Å². The maximum Gasteiger partial charge on any atom is 0.319 e. The van der Waals surface area contributed by atoms with Gasteiger partial charge in [-0.1, -0.05) is 6.07 Å². The maximum absolute atomic E-state index is 11.9. The number of nitrogens with one attached hydrogen (secondary N) is 2. The van der Waals surface area contributed by atoms with Gasteiger partial charge in [0.1, 0.15) is 12.4 Å². The van der Waals surface area contributed by atoms with E-state index in [1.54, 1.807) is 24.1 Å². The molecule has 2 aromatic heterocycles. The van der Waals surface area contributed by atoms with E-state index in [0.29, 0.717) is 31.1 Å². The van der Waals surface area contributed by atoms with E-state index in [1.807, 2.05) is 34.3 Å². The molecule has 8 heteroatoms. The summed E-state index contributed by atoms with van der Waals surface area (Å²) in [6.07, 6.45) is 5.27. The number of nitrogens with zero attached hydrogens (tertiary/aromatic N) is 3. The summed E-state index contributed by atoms with van der Waals surface area (Å²) in [7, 11) is 0. The third-order valence-electron chi connectivity index (χ3n) is 3.18. The summed E-state index contributed by atoms with van der Waals surface area (Å²) in [5, 5.41) is 7.52.